The summed E-state index contributed by atoms with van der Waals surface area (Å²) in [5.41, 5.74) is 6.60. The summed E-state index contributed by atoms with van der Waals surface area (Å²) in [5, 5.41) is 0. The molecule has 0 saturated heterocycles. The lowest BCUT2D eigenvalue weighted by Crippen LogP contribution is -2.46. The van der Waals surface area contributed by atoms with Crippen molar-refractivity contribution < 1.29 is 0 Å². The van der Waals surface area contributed by atoms with Crippen LogP contribution in [0, 0.1) is 0 Å². The maximum Gasteiger partial charge on any atom is 0.107 e. The zero-order valence-corrected chi connectivity index (χ0v) is 15.1. The Kier molecular flexibility index (Phi) is 3.38. The molecular weight excluding hydrogens is 294 g/mol. The predicted molar refractivity (Wildman–Crippen MR) is 97.9 cm³/mol. The Hall–Kier alpha value is -2.03. The molecular formula is C21H25N3. The number of nitrogens with zero attached hydrogens (tertiary/aromatic N) is 3. The van der Waals surface area contributed by atoms with Crippen molar-refractivity contribution in [2.24, 2.45) is 4.99 Å². The van der Waals surface area contributed by atoms with Crippen LogP contribution in [-0.2, 0) is 18.3 Å². The Balaban J connectivity index is 1.90. The molecule has 0 spiro atoms. The highest BCUT2D eigenvalue weighted by atomic mass is 14.9. The summed E-state index contributed by atoms with van der Waals surface area (Å²) in [6, 6.07) is 8.62. The number of aromatic nitrogens is 2. The fourth-order valence-electron chi connectivity index (χ4n) is 3.80. The maximum atomic E-state index is 5.14. The first kappa shape index (κ1) is 15.5. The van der Waals surface area contributed by atoms with Crippen molar-refractivity contribution in [2.45, 2.75) is 64.3 Å². The Morgan fingerprint density at radius 2 is 1.62 bits per heavy atom. The van der Waals surface area contributed by atoms with E-state index in [9.17, 15) is 0 Å². The molecule has 1 aromatic carbocycles. The molecule has 0 N–H and O–H groups in total. The molecule has 124 valence electrons. The van der Waals surface area contributed by atoms with Gasteiger partial charge in [-0.3, -0.25) is 9.98 Å². The minimum absolute atomic E-state index is 0.0191. The van der Waals surface area contributed by atoms with E-state index < -0.39 is 0 Å². The molecule has 2 aliphatic rings. The first-order chi connectivity index (χ1) is 11.4. The molecule has 2 heterocycles. The lowest BCUT2D eigenvalue weighted by Gasteiger charge is -2.44. The number of hydrogen-bond acceptors (Lipinski definition) is 3. The van der Waals surface area contributed by atoms with Crippen molar-refractivity contribution in [3.63, 3.8) is 0 Å². The van der Waals surface area contributed by atoms with Gasteiger partial charge in [-0.15, -0.1) is 0 Å². The van der Waals surface area contributed by atoms with Gasteiger partial charge in [-0.05, 0) is 45.1 Å². The van der Waals surface area contributed by atoms with Crippen LogP contribution in [-0.4, -0.2) is 21.2 Å². The van der Waals surface area contributed by atoms with Crippen LogP contribution in [0.2, 0.25) is 0 Å². The van der Waals surface area contributed by atoms with Crippen molar-refractivity contribution in [1.82, 2.24) is 9.97 Å². The van der Waals surface area contributed by atoms with Gasteiger partial charge in [-0.25, -0.2) is 4.98 Å². The molecule has 3 heteroatoms. The molecule has 0 fully saturated rings. The van der Waals surface area contributed by atoms with Gasteiger partial charge in [-0.1, -0.05) is 38.1 Å². The average Bonchev–Trinajstić information content (AvgIpc) is 2.58. The molecule has 0 unspecified atom stereocenters. The average molecular weight is 319 g/mol. The number of hydrogen-bond donors (Lipinski definition) is 0. The highest BCUT2D eigenvalue weighted by Gasteiger charge is 2.43. The van der Waals surface area contributed by atoms with Crippen molar-refractivity contribution in [2.75, 3.05) is 0 Å². The Morgan fingerprint density at radius 1 is 0.917 bits per heavy atom. The number of rotatable bonds is 1. The molecule has 0 radical (unpaired) electrons. The second-order valence-electron chi connectivity index (χ2n) is 8.05. The Morgan fingerprint density at radius 3 is 2.42 bits per heavy atom. The fourth-order valence-corrected chi connectivity index (χ4v) is 3.80. The van der Waals surface area contributed by atoms with E-state index >= 15 is 0 Å². The standard InChI is InChI=1S/C21H25N3/c1-20(2)15-10-6-5-9-14(15)19(24-21(20,3)4)18-13-22-16-11-7-8-12-17(16)23-18/h5-6,9-10,13H,7-8,11-12H2,1-4H3. The smallest absolute Gasteiger partial charge is 0.107 e. The van der Waals surface area contributed by atoms with E-state index in [0.29, 0.717) is 0 Å². The van der Waals surface area contributed by atoms with Gasteiger partial charge in [-0.2, -0.15) is 0 Å². The Labute approximate surface area is 144 Å². The second kappa shape index (κ2) is 5.23. The van der Waals surface area contributed by atoms with Crippen LogP contribution in [0.4, 0.5) is 0 Å². The molecule has 0 bridgehead atoms. The van der Waals surface area contributed by atoms with Gasteiger partial charge in [0.1, 0.15) is 5.69 Å². The number of aryl methyl sites for hydroxylation is 2. The molecule has 1 aliphatic carbocycles. The highest BCUT2D eigenvalue weighted by Crippen LogP contribution is 2.43. The van der Waals surface area contributed by atoms with Crippen molar-refractivity contribution in [1.29, 1.82) is 0 Å². The van der Waals surface area contributed by atoms with Gasteiger partial charge in [0, 0.05) is 11.0 Å². The summed E-state index contributed by atoms with van der Waals surface area (Å²) in [7, 11) is 0. The molecule has 3 nitrogen and oxygen atoms in total. The second-order valence-corrected chi connectivity index (χ2v) is 8.05. The van der Waals surface area contributed by atoms with Crippen LogP contribution in [0.5, 0.6) is 0 Å². The molecule has 1 aliphatic heterocycles. The number of aliphatic imine (C=N–C) groups is 1. The van der Waals surface area contributed by atoms with E-state index in [0.717, 1.165) is 24.2 Å². The minimum Gasteiger partial charge on any atom is -0.275 e. The van der Waals surface area contributed by atoms with E-state index in [1.54, 1.807) is 0 Å². The molecule has 2 aromatic rings. The molecule has 24 heavy (non-hydrogen) atoms. The zero-order chi connectivity index (χ0) is 16.9. The van der Waals surface area contributed by atoms with Gasteiger partial charge < -0.3 is 0 Å². The third-order valence-corrected chi connectivity index (χ3v) is 6.03. The van der Waals surface area contributed by atoms with Crippen molar-refractivity contribution >= 4 is 5.71 Å². The molecule has 4 rings (SSSR count). The highest BCUT2D eigenvalue weighted by molar-refractivity contribution is 6.13. The molecule has 1 aromatic heterocycles. The summed E-state index contributed by atoms with van der Waals surface area (Å²) in [6.45, 7) is 9.00. The van der Waals surface area contributed by atoms with E-state index in [1.807, 2.05) is 6.20 Å². The van der Waals surface area contributed by atoms with Crippen LogP contribution < -0.4 is 0 Å². The number of fused-ring (bicyclic) bond motifs is 2. The summed E-state index contributed by atoms with van der Waals surface area (Å²) < 4.78 is 0. The Bertz CT molecular complexity index is 831. The molecule has 0 atom stereocenters. The van der Waals surface area contributed by atoms with E-state index in [4.69, 9.17) is 15.0 Å². The predicted octanol–water partition coefficient (Wildman–Crippen LogP) is 4.26. The van der Waals surface area contributed by atoms with E-state index in [-0.39, 0.29) is 11.0 Å². The molecule has 0 saturated carbocycles. The summed E-state index contributed by atoms with van der Waals surface area (Å²) in [5.74, 6) is 0. The summed E-state index contributed by atoms with van der Waals surface area (Å²) in [6.07, 6.45) is 6.47. The van der Waals surface area contributed by atoms with Gasteiger partial charge >= 0.3 is 0 Å². The third-order valence-electron chi connectivity index (χ3n) is 6.03. The van der Waals surface area contributed by atoms with E-state index in [2.05, 4.69) is 52.0 Å². The SMILES string of the molecule is CC1(C)N=C(c2cnc3c(n2)CCCC3)c2ccccc2C1(C)C. The third kappa shape index (κ3) is 2.21. The van der Waals surface area contributed by atoms with Crippen LogP contribution in [0.15, 0.2) is 35.5 Å². The van der Waals surface area contributed by atoms with Gasteiger partial charge in [0.15, 0.2) is 0 Å². The van der Waals surface area contributed by atoms with Crippen molar-refractivity contribution in [3.05, 3.63) is 58.7 Å². The first-order valence-electron chi connectivity index (χ1n) is 8.95. The van der Waals surface area contributed by atoms with Crippen LogP contribution in [0.1, 0.15) is 68.7 Å². The largest absolute Gasteiger partial charge is 0.275 e. The number of benzene rings is 1. The van der Waals surface area contributed by atoms with Crippen LogP contribution >= 0.6 is 0 Å². The lowest BCUT2D eigenvalue weighted by atomic mass is 9.66. The van der Waals surface area contributed by atoms with E-state index in [1.165, 1.54) is 35.4 Å². The van der Waals surface area contributed by atoms with Gasteiger partial charge in [0.25, 0.3) is 0 Å². The summed E-state index contributed by atoms with van der Waals surface area (Å²) >= 11 is 0. The topological polar surface area (TPSA) is 38.1 Å². The van der Waals surface area contributed by atoms with Crippen molar-refractivity contribution in [3.8, 4) is 0 Å². The quantitative estimate of drug-likeness (QED) is 0.787. The van der Waals surface area contributed by atoms with Crippen LogP contribution in [0.25, 0.3) is 0 Å². The zero-order valence-electron chi connectivity index (χ0n) is 15.1. The van der Waals surface area contributed by atoms with Gasteiger partial charge in [0.05, 0.1) is 28.8 Å². The minimum atomic E-state index is -0.186. The molecule has 0 amide bonds. The first-order valence-corrected chi connectivity index (χ1v) is 8.95. The monoisotopic (exact) mass is 319 g/mol. The normalized spacial score (nSPS) is 20.8. The van der Waals surface area contributed by atoms with Gasteiger partial charge in [0.2, 0.25) is 0 Å². The maximum absolute atomic E-state index is 5.14. The lowest BCUT2D eigenvalue weighted by molar-refractivity contribution is 0.303. The fraction of sp³-hybridized carbons (Fsp3) is 0.476. The van der Waals surface area contributed by atoms with Crippen LogP contribution in [0.3, 0.4) is 0 Å². The summed E-state index contributed by atoms with van der Waals surface area (Å²) in [4.78, 5) is 14.8.